The van der Waals surface area contributed by atoms with Crippen LogP contribution < -0.4 is 5.32 Å². The number of nitrogens with one attached hydrogen (secondary N) is 1. The quantitative estimate of drug-likeness (QED) is 0.636. The van der Waals surface area contributed by atoms with E-state index in [1.165, 1.54) is 18.2 Å². The van der Waals surface area contributed by atoms with Gasteiger partial charge in [0.1, 0.15) is 5.02 Å². The molecule has 0 heterocycles. The lowest BCUT2D eigenvalue weighted by Crippen LogP contribution is -2.12. The van der Waals surface area contributed by atoms with Gasteiger partial charge in [0.15, 0.2) is 0 Å². The number of nitro benzene ring substituents is 1. The molecule has 0 aromatic heterocycles. The molecule has 108 valence electrons. The number of nitro groups is 1. The van der Waals surface area contributed by atoms with Crippen LogP contribution in [-0.2, 0) is 0 Å². The molecule has 1 N–H and O–H groups in total. The number of halogens is 2. The lowest BCUT2D eigenvalue weighted by atomic mass is 10.1. The highest BCUT2D eigenvalue weighted by Gasteiger charge is 2.15. The number of carbonyl (C=O) groups is 1. The van der Waals surface area contributed by atoms with Crippen LogP contribution in [0.25, 0.3) is 0 Å². The Balaban J connectivity index is 2.24. The Morgan fingerprint density at radius 3 is 2.57 bits per heavy atom. The van der Waals surface area contributed by atoms with Gasteiger partial charge in [0.25, 0.3) is 11.6 Å². The van der Waals surface area contributed by atoms with Crippen molar-refractivity contribution in [3.8, 4) is 0 Å². The molecule has 0 fully saturated rings. The molecule has 2 rings (SSSR count). The summed E-state index contributed by atoms with van der Waals surface area (Å²) in [7, 11) is 0. The number of anilines is 1. The molecule has 0 aliphatic carbocycles. The zero-order valence-electron chi connectivity index (χ0n) is 10.9. The minimum absolute atomic E-state index is 0.0712. The highest BCUT2D eigenvalue weighted by Crippen LogP contribution is 2.26. The van der Waals surface area contributed by atoms with Gasteiger partial charge in [-0.2, -0.15) is 0 Å². The number of nitrogens with zero attached hydrogens (tertiary/aromatic N) is 1. The molecule has 21 heavy (non-hydrogen) atoms. The van der Waals surface area contributed by atoms with Gasteiger partial charge in [-0.15, -0.1) is 0 Å². The van der Waals surface area contributed by atoms with E-state index >= 15 is 0 Å². The summed E-state index contributed by atoms with van der Waals surface area (Å²) < 4.78 is 0.847. The van der Waals surface area contributed by atoms with Crippen LogP contribution in [0.3, 0.4) is 0 Å². The van der Waals surface area contributed by atoms with Gasteiger partial charge in [-0.25, -0.2) is 0 Å². The summed E-state index contributed by atoms with van der Waals surface area (Å²) in [5.41, 5.74) is 1.64. The maximum absolute atomic E-state index is 12.1. The van der Waals surface area contributed by atoms with Crippen molar-refractivity contribution in [2.45, 2.75) is 6.92 Å². The molecule has 2 aromatic rings. The third kappa shape index (κ3) is 3.80. The smallest absolute Gasteiger partial charge is 0.287 e. The molecule has 0 bridgehead atoms. The maximum atomic E-state index is 12.1. The average Bonchev–Trinajstić information content (AvgIpc) is 2.36. The Labute approximate surface area is 134 Å². The molecule has 1 amide bonds. The highest BCUT2D eigenvalue weighted by atomic mass is 79.9. The van der Waals surface area contributed by atoms with E-state index in [1.807, 2.05) is 19.1 Å². The van der Waals surface area contributed by atoms with Crippen LogP contribution in [0.1, 0.15) is 15.9 Å². The molecule has 0 saturated heterocycles. The lowest BCUT2D eigenvalue weighted by Gasteiger charge is -2.07. The van der Waals surface area contributed by atoms with E-state index in [0.29, 0.717) is 5.69 Å². The fourth-order valence-electron chi connectivity index (χ4n) is 1.81. The molecule has 2 aromatic carbocycles. The summed E-state index contributed by atoms with van der Waals surface area (Å²) >= 11 is 9.14. The molecule has 0 unspecified atom stereocenters. The van der Waals surface area contributed by atoms with Crippen molar-refractivity contribution >= 4 is 44.8 Å². The molecule has 0 aliphatic heterocycles. The van der Waals surface area contributed by atoms with Crippen molar-refractivity contribution in [2.24, 2.45) is 0 Å². The van der Waals surface area contributed by atoms with Gasteiger partial charge in [0, 0.05) is 21.8 Å². The summed E-state index contributed by atoms with van der Waals surface area (Å²) in [4.78, 5) is 22.2. The van der Waals surface area contributed by atoms with Crippen molar-refractivity contribution < 1.29 is 9.72 Å². The summed E-state index contributed by atoms with van der Waals surface area (Å²) in [5, 5.41) is 13.3. The second-order valence-corrected chi connectivity index (χ2v) is 5.72. The molecular formula is C14H10BrClN2O3. The fourth-order valence-corrected chi connectivity index (χ4v) is 2.67. The summed E-state index contributed by atoms with van der Waals surface area (Å²) in [6.07, 6.45) is 0. The molecule has 0 saturated carbocycles. The number of benzene rings is 2. The van der Waals surface area contributed by atoms with E-state index in [2.05, 4.69) is 21.2 Å². The van der Waals surface area contributed by atoms with Crippen LogP contribution in [0.15, 0.2) is 40.9 Å². The minimum atomic E-state index is -0.596. The topological polar surface area (TPSA) is 72.2 Å². The number of rotatable bonds is 3. The molecule has 0 spiro atoms. The van der Waals surface area contributed by atoms with Crippen molar-refractivity contribution in [2.75, 3.05) is 5.32 Å². The molecule has 0 radical (unpaired) electrons. The molecular weight excluding hydrogens is 360 g/mol. The predicted octanol–water partition coefficient (Wildman–Crippen LogP) is 4.57. The number of amides is 1. The van der Waals surface area contributed by atoms with Gasteiger partial charge < -0.3 is 5.32 Å². The Hall–Kier alpha value is -1.92. The van der Waals surface area contributed by atoms with Crippen molar-refractivity contribution in [1.82, 2.24) is 0 Å². The zero-order chi connectivity index (χ0) is 15.6. The monoisotopic (exact) mass is 368 g/mol. The van der Waals surface area contributed by atoms with E-state index < -0.39 is 4.92 Å². The van der Waals surface area contributed by atoms with Crippen LogP contribution in [0, 0.1) is 17.0 Å². The van der Waals surface area contributed by atoms with Gasteiger partial charge in [-0.1, -0.05) is 27.5 Å². The van der Waals surface area contributed by atoms with Gasteiger partial charge >= 0.3 is 0 Å². The Morgan fingerprint density at radius 2 is 2.00 bits per heavy atom. The molecule has 0 atom stereocenters. The lowest BCUT2D eigenvalue weighted by molar-refractivity contribution is -0.384. The van der Waals surface area contributed by atoms with Crippen LogP contribution in [-0.4, -0.2) is 10.8 Å². The first kappa shape index (κ1) is 15.5. The Kier molecular flexibility index (Phi) is 4.59. The van der Waals surface area contributed by atoms with Crippen molar-refractivity contribution in [1.29, 1.82) is 0 Å². The van der Waals surface area contributed by atoms with E-state index in [0.717, 1.165) is 10.0 Å². The summed E-state index contributed by atoms with van der Waals surface area (Å²) in [5.74, 6) is -0.385. The van der Waals surface area contributed by atoms with Gasteiger partial charge in [0.2, 0.25) is 0 Å². The SMILES string of the molecule is Cc1cc(Br)cc(NC(=O)c2ccc([N+](=O)[O-])c(Cl)c2)c1. The summed E-state index contributed by atoms with van der Waals surface area (Å²) in [6.45, 7) is 1.91. The van der Waals surface area contributed by atoms with Gasteiger partial charge in [0.05, 0.1) is 4.92 Å². The number of carbonyl (C=O) groups excluding carboxylic acids is 1. The minimum Gasteiger partial charge on any atom is -0.322 e. The standard InChI is InChI=1S/C14H10BrClN2O3/c1-8-4-10(15)7-11(5-8)17-14(19)9-2-3-13(18(20)21)12(16)6-9/h2-7H,1H3,(H,17,19). The number of aryl methyl sites for hydroxylation is 1. The Bertz CT molecular complexity index is 714. The van der Waals surface area contributed by atoms with Crippen molar-refractivity contribution in [3.63, 3.8) is 0 Å². The first-order valence-electron chi connectivity index (χ1n) is 5.89. The normalized spacial score (nSPS) is 10.2. The average molecular weight is 370 g/mol. The van der Waals surface area contributed by atoms with Crippen LogP contribution >= 0.6 is 27.5 Å². The maximum Gasteiger partial charge on any atom is 0.287 e. The van der Waals surface area contributed by atoms with E-state index in [4.69, 9.17) is 11.6 Å². The number of hydrogen-bond acceptors (Lipinski definition) is 3. The van der Waals surface area contributed by atoms with Crippen LogP contribution in [0.4, 0.5) is 11.4 Å². The molecule has 0 aliphatic rings. The fraction of sp³-hybridized carbons (Fsp3) is 0.0714. The molecule has 7 heteroatoms. The second-order valence-electron chi connectivity index (χ2n) is 4.39. The van der Waals surface area contributed by atoms with Crippen LogP contribution in [0.2, 0.25) is 5.02 Å². The third-order valence-electron chi connectivity index (χ3n) is 2.71. The zero-order valence-corrected chi connectivity index (χ0v) is 13.2. The number of hydrogen-bond donors (Lipinski definition) is 1. The van der Waals surface area contributed by atoms with Gasteiger partial charge in [-0.3, -0.25) is 14.9 Å². The Morgan fingerprint density at radius 1 is 1.29 bits per heavy atom. The van der Waals surface area contributed by atoms with Crippen LogP contribution in [0.5, 0.6) is 0 Å². The highest BCUT2D eigenvalue weighted by molar-refractivity contribution is 9.10. The summed E-state index contributed by atoms with van der Waals surface area (Å²) in [6, 6.07) is 9.35. The second kappa shape index (κ2) is 6.24. The van der Waals surface area contributed by atoms with Crippen molar-refractivity contribution in [3.05, 3.63) is 67.1 Å². The largest absolute Gasteiger partial charge is 0.322 e. The first-order chi connectivity index (χ1) is 9.86. The molecule has 5 nitrogen and oxygen atoms in total. The van der Waals surface area contributed by atoms with E-state index in [9.17, 15) is 14.9 Å². The van der Waals surface area contributed by atoms with E-state index in [-0.39, 0.29) is 22.2 Å². The predicted molar refractivity (Wildman–Crippen MR) is 84.9 cm³/mol. The first-order valence-corrected chi connectivity index (χ1v) is 7.06. The third-order valence-corrected chi connectivity index (χ3v) is 3.47. The van der Waals surface area contributed by atoms with Gasteiger partial charge in [-0.05, 0) is 42.8 Å². The van der Waals surface area contributed by atoms with E-state index in [1.54, 1.807) is 6.07 Å².